The molecule has 66 valence electrons. The number of hydrogen-bond donors (Lipinski definition) is 1. The molecule has 2 N–H and O–H groups in total. The van der Waals surface area contributed by atoms with E-state index in [1.54, 1.807) is 6.20 Å². The van der Waals surface area contributed by atoms with Gasteiger partial charge in [-0.1, -0.05) is 18.7 Å². The highest BCUT2D eigenvalue weighted by Gasteiger charge is 2.15. The predicted molar refractivity (Wildman–Crippen MR) is 51.2 cm³/mol. The third-order valence-corrected chi connectivity index (χ3v) is 3.64. The van der Waals surface area contributed by atoms with Gasteiger partial charge >= 0.3 is 0 Å². The molecular formula is C7H10N2OS2. The SMILES string of the molecule is CCC(Sc1nccs1)C(N)=O. The van der Waals surface area contributed by atoms with Crippen LogP contribution in [0.5, 0.6) is 0 Å². The van der Waals surface area contributed by atoms with Crippen molar-refractivity contribution in [2.75, 3.05) is 0 Å². The first kappa shape index (κ1) is 9.54. The molecule has 1 amide bonds. The molecular weight excluding hydrogens is 192 g/mol. The highest BCUT2D eigenvalue weighted by atomic mass is 32.2. The summed E-state index contributed by atoms with van der Waals surface area (Å²) in [6.45, 7) is 1.94. The van der Waals surface area contributed by atoms with E-state index >= 15 is 0 Å². The lowest BCUT2D eigenvalue weighted by Gasteiger charge is -2.06. The Morgan fingerprint density at radius 2 is 2.67 bits per heavy atom. The number of thiazole rings is 1. The van der Waals surface area contributed by atoms with Crippen LogP contribution in [0.3, 0.4) is 0 Å². The highest BCUT2D eigenvalue weighted by molar-refractivity contribution is 8.02. The van der Waals surface area contributed by atoms with Crippen LogP contribution in [0.15, 0.2) is 15.9 Å². The van der Waals surface area contributed by atoms with Gasteiger partial charge in [0.05, 0.1) is 5.25 Å². The molecule has 0 bridgehead atoms. The molecule has 0 radical (unpaired) electrons. The van der Waals surface area contributed by atoms with Gasteiger partial charge in [-0.25, -0.2) is 4.98 Å². The molecule has 1 aromatic heterocycles. The van der Waals surface area contributed by atoms with Crippen LogP contribution in [-0.2, 0) is 4.79 Å². The quantitative estimate of drug-likeness (QED) is 0.753. The Hall–Kier alpha value is -0.550. The zero-order chi connectivity index (χ0) is 8.97. The minimum atomic E-state index is -0.266. The minimum absolute atomic E-state index is 0.142. The average Bonchev–Trinajstić information content (AvgIpc) is 2.51. The van der Waals surface area contributed by atoms with Crippen molar-refractivity contribution in [1.82, 2.24) is 4.98 Å². The van der Waals surface area contributed by atoms with Crippen LogP contribution in [0.1, 0.15) is 13.3 Å². The van der Waals surface area contributed by atoms with Crippen molar-refractivity contribution in [3.8, 4) is 0 Å². The van der Waals surface area contributed by atoms with Gasteiger partial charge in [-0.05, 0) is 6.42 Å². The number of carbonyl (C=O) groups is 1. The molecule has 0 aromatic carbocycles. The van der Waals surface area contributed by atoms with Crippen LogP contribution in [0, 0.1) is 0 Å². The van der Waals surface area contributed by atoms with Gasteiger partial charge in [0.2, 0.25) is 5.91 Å². The Balaban J connectivity index is 2.54. The Morgan fingerprint density at radius 3 is 3.08 bits per heavy atom. The lowest BCUT2D eigenvalue weighted by Crippen LogP contribution is -2.24. The summed E-state index contributed by atoms with van der Waals surface area (Å²) in [5.74, 6) is -0.266. The van der Waals surface area contributed by atoms with Gasteiger partial charge < -0.3 is 5.73 Å². The first-order valence-electron chi connectivity index (χ1n) is 3.59. The third-order valence-electron chi connectivity index (χ3n) is 1.34. The Morgan fingerprint density at radius 1 is 1.92 bits per heavy atom. The van der Waals surface area contributed by atoms with E-state index in [-0.39, 0.29) is 11.2 Å². The zero-order valence-corrected chi connectivity index (χ0v) is 8.32. The maximum absolute atomic E-state index is 10.8. The maximum Gasteiger partial charge on any atom is 0.230 e. The van der Waals surface area contributed by atoms with Crippen LogP contribution in [-0.4, -0.2) is 16.1 Å². The van der Waals surface area contributed by atoms with Crippen LogP contribution < -0.4 is 5.73 Å². The summed E-state index contributed by atoms with van der Waals surface area (Å²) in [5, 5.41) is 1.74. The molecule has 1 atom stereocenters. The van der Waals surface area contributed by atoms with Crippen molar-refractivity contribution in [3.63, 3.8) is 0 Å². The molecule has 3 nitrogen and oxygen atoms in total. The van der Waals surface area contributed by atoms with Crippen LogP contribution in [0.4, 0.5) is 0 Å². The highest BCUT2D eigenvalue weighted by Crippen LogP contribution is 2.26. The number of nitrogens with zero attached hydrogens (tertiary/aromatic N) is 1. The number of nitrogens with two attached hydrogens (primary N) is 1. The predicted octanol–water partition coefficient (Wildman–Crippen LogP) is 1.50. The second-order valence-corrected chi connectivity index (χ2v) is 4.56. The lowest BCUT2D eigenvalue weighted by atomic mass is 10.3. The molecule has 1 unspecified atom stereocenters. The smallest absolute Gasteiger partial charge is 0.230 e. The largest absolute Gasteiger partial charge is 0.369 e. The summed E-state index contributed by atoms with van der Waals surface area (Å²) in [5.41, 5.74) is 5.18. The van der Waals surface area contributed by atoms with E-state index in [9.17, 15) is 4.79 Å². The van der Waals surface area contributed by atoms with Crippen molar-refractivity contribution < 1.29 is 4.79 Å². The van der Waals surface area contributed by atoms with E-state index in [0.717, 1.165) is 10.8 Å². The zero-order valence-electron chi connectivity index (χ0n) is 6.69. The minimum Gasteiger partial charge on any atom is -0.369 e. The van der Waals surface area contributed by atoms with Crippen molar-refractivity contribution in [3.05, 3.63) is 11.6 Å². The third kappa shape index (κ3) is 2.49. The molecule has 0 saturated carbocycles. The van der Waals surface area contributed by atoms with E-state index in [1.807, 2.05) is 12.3 Å². The molecule has 5 heteroatoms. The number of thioether (sulfide) groups is 1. The standard InChI is InChI=1S/C7H10N2OS2/c1-2-5(6(8)10)12-7-9-3-4-11-7/h3-5H,2H2,1H3,(H2,8,10). The average molecular weight is 202 g/mol. The van der Waals surface area contributed by atoms with E-state index < -0.39 is 0 Å². The van der Waals surface area contributed by atoms with Crippen LogP contribution in [0.25, 0.3) is 0 Å². The monoisotopic (exact) mass is 202 g/mol. The summed E-state index contributed by atoms with van der Waals surface area (Å²) >= 11 is 2.96. The summed E-state index contributed by atoms with van der Waals surface area (Å²) in [6.07, 6.45) is 2.47. The fourth-order valence-electron chi connectivity index (χ4n) is 0.733. The van der Waals surface area contributed by atoms with Crippen molar-refractivity contribution in [2.24, 2.45) is 5.73 Å². The van der Waals surface area contributed by atoms with Gasteiger partial charge in [0.25, 0.3) is 0 Å². The van der Waals surface area contributed by atoms with Crippen molar-refractivity contribution in [2.45, 2.75) is 22.9 Å². The molecule has 0 aliphatic rings. The molecule has 0 fully saturated rings. The first-order valence-corrected chi connectivity index (χ1v) is 5.35. The molecule has 0 spiro atoms. The lowest BCUT2D eigenvalue weighted by molar-refractivity contribution is -0.117. The maximum atomic E-state index is 10.8. The van der Waals surface area contributed by atoms with E-state index in [2.05, 4.69) is 4.98 Å². The van der Waals surface area contributed by atoms with Gasteiger partial charge in [-0.3, -0.25) is 4.79 Å². The molecule has 0 saturated heterocycles. The number of hydrogen-bond acceptors (Lipinski definition) is 4. The number of primary amides is 1. The summed E-state index contributed by atoms with van der Waals surface area (Å²) < 4.78 is 0.903. The van der Waals surface area contributed by atoms with Crippen LogP contribution in [0.2, 0.25) is 0 Å². The Bertz CT molecular complexity index is 248. The number of carbonyl (C=O) groups excluding carboxylic acids is 1. The van der Waals surface area contributed by atoms with E-state index in [4.69, 9.17) is 5.73 Å². The second kappa shape index (κ2) is 4.47. The second-order valence-electron chi connectivity index (χ2n) is 2.22. The van der Waals surface area contributed by atoms with Gasteiger partial charge in [-0.2, -0.15) is 0 Å². The summed E-state index contributed by atoms with van der Waals surface area (Å²) in [7, 11) is 0. The van der Waals surface area contributed by atoms with Crippen molar-refractivity contribution in [1.29, 1.82) is 0 Å². The van der Waals surface area contributed by atoms with E-state index in [1.165, 1.54) is 23.1 Å². The summed E-state index contributed by atoms with van der Waals surface area (Å²) in [6, 6.07) is 0. The van der Waals surface area contributed by atoms with Crippen LogP contribution >= 0.6 is 23.1 Å². The fraction of sp³-hybridized carbons (Fsp3) is 0.429. The molecule has 1 aromatic rings. The topological polar surface area (TPSA) is 56.0 Å². The fourth-order valence-corrected chi connectivity index (χ4v) is 2.48. The van der Waals surface area contributed by atoms with Gasteiger partial charge in [0.1, 0.15) is 0 Å². The molecule has 0 aliphatic heterocycles. The number of amides is 1. The molecule has 1 rings (SSSR count). The van der Waals surface area contributed by atoms with E-state index in [0.29, 0.717) is 0 Å². The Kier molecular flexibility index (Phi) is 3.55. The Labute approximate surface area is 79.4 Å². The van der Waals surface area contributed by atoms with Crippen molar-refractivity contribution >= 4 is 29.0 Å². The summed E-state index contributed by atoms with van der Waals surface area (Å²) in [4.78, 5) is 14.9. The molecule has 12 heavy (non-hydrogen) atoms. The first-order chi connectivity index (χ1) is 5.74. The molecule has 0 aliphatic carbocycles. The number of aromatic nitrogens is 1. The normalized spacial score (nSPS) is 12.8. The molecule has 1 heterocycles. The number of rotatable bonds is 4. The van der Waals surface area contributed by atoms with Gasteiger partial charge in [0.15, 0.2) is 4.34 Å². The van der Waals surface area contributed by atoms with Gasteiger partial charge in [0, 0.05) is 11.6 Å². The van der Waals surface area contributed by atoms with Gasteiger partial charge in [-0.15, -0.1) is 11.3 Å².